The second kappa shape index (κ2) is 10.2. The molecule has 0 aliphatic carbocycles. The Bertz CT molecular complexity index is 2480. The number of rotatable bonds is 4. The van der Waals surface area contributed by atoms with E-state index in [1.54, 1.807) is 12.4 Å². The Morgan fingerprint density at radius 1 is 0.444 bits per heavy atom. The zero-order chi connectivity index (χ0) is 29.7. The lowest BCUT2D eigenvalue weighted by molar-refractivity contribution is 0.668. The molecule has 9 rings (SSSR count). The molecule has 0 radical (unpaired) electrons. The third-order valence-corrected chi connectivity index (χ3v) is 8.42. The zero-order valence-electron chi connectivity index (χ0n) is 24.1. The van der Waals surface area contributed by atoms with Gasteiger partial charge in [0.05, 0.1) is 6.20 Å². The van der Waals surface area contributed by atoms with E-state index in [4.69, 9.17) is 19.4 Å². The second-order valence-electron chi connectivity index (χ2n) is 11.1. The molecule has 0 N–H and O–H groups in total. The lowest BCUT2D eigenvalue weighted by Gasteiger charge is -2.13. The van der Waals surface area contributed by atoms with Crippen molar-refractivity contribution in [1.29, 1.82) is 0 Å². The average molecular weight is 577 g/mol. The first-order chi connectivity index (χ1) is 22.3. The van der Waals surface area contributed by atoms with Crippen molar-refractivity contribution in [3.8, 4) is 45.3 Å². The van der Waals surface area contributed by atoms with Crippen LogP contribution in [-0.4, -0.2) is 19.9 Å². The van der Waals surface area contributed by atoms with Gasteiger partial charge in [-0.15, -0.1) is 0 Å². The van der Waals surface area contributed by atoms with Crippen LogP contribution in [0, 0.1) is 0 Å². The molecule has 5 heteroatoms. The molecule has 0 unspecified atom stereocenters. The van der Waals surface area contributed by atoms with Gasteiger partial charge in [0.15, 0.2) is 23.1 Å². The molecule has 0 saturated heterocycles. The first kappa shape index (κ1) is 25.3. The number of pyridine rings is 1. The molecule has 0 spiro atoms. The van der Waals surface area contributed by atoms with Crippen LogP contribution >= 0.6 is 0 Å². The van der Waals surface area contributed by atoms with Gasteiger partial charge in [-0.1, -0.05) is 109 Å². The number of hydrogen-bond donors (Lipinski definition) is 0. The standard InChI is InChI=1S/C40H24N4O/c1-3-11-25(12-4-1)38-42-39(26-13-5-2-6-14-26)44-40(43-38)33-20-19-31(37-36(33)32-21-22-41-24-35(32)45-37)34-23-27-15-7-8-16-28(27)29-17-9-10-18-30(29)34/h1-24H. The number of aromatic nitrogens is 4. The molecule has 0 aliphatic heterocycles. The summed E-state index contributed by atoms with van der Waals surface area (Å²) in [5.41, 5.74) is 6.34. The summed E-state index contributed by atoms with van der Waals surface area (Å²) >= 11 is 0. The summed E-state index contributed by atoms with van der Waals surface area (Å²) in [5, 5.41) is 6.69. The van der Waals surface area contributed by atoms with Crippen molar-refractivity contribution in [3.05, 3.63) is 146 Å². The Labute approximate surface area is 258 Å². The van der Waals surface area contributed by atoms with Gasteiger partial charge in [0, 0.05) is 39.2 Å². The highest BCUT2D eigenvalue weighted by molar-refractivity contribution is 6.20. The molecule has 0 saturated carbocycles. The summed E-state index contributed by atoms with van der Waals surface area (Å²) in [4.78, 5) is 19.4. The van der Waals surface area contributed by atoms with Crippen LogP contribution in [0.2, 0.25) is 0 Å². The van der Waals surface area contributed by atoms with Crippen LogP contribution in [0.4, 0.5) is 0 Å². The van der Waals surface area contributed by atoms with Gasteiger partial charge >= 0.3 is 0 Å². The highest BCUT2D eigenvalue weighted by atomic mass is 16.3. The van der Waals surface area contributed by atoms with E-state index in [2.05, 4.69) is 71.7 Å². The average Bonchev–Trinajstić information content (AvgIpc) is 3.51. The van der Waals surface area contributed by atoms with Crippen LogP contribution in [0.15, 0.2) is 150 Å². The number of benzene rings is 6. The van der Waals surface area contributed by atoms with Crippen molar-refractivity contribution in [3.63, 3.8) is 0 Å². The predicted octanol–water partition coefficient (Wildman–Crippen LogP) is 10.1. The summed E-state index contributed by atoms with van der Waals surface area (Å²) in [7, 11) is 0. The lowest BCUT2D eigenvalue weighted by Crippen LogP contribution is -2.00. The van der Waals surface area contributed by atoms with Crippen molar-refractivity contribution in [2.24, 2.45) is 0 Å². The van der Waals surface area contributed by atoms with Gasteiger partial charge in [0.1, 0.15) is 5.58 Å². The van der Waals surface area contributed by atoms with E-state index >= 15 is 0 Å². The third kappa shape index (κ3) is 4.17. The Morgan fingerprint density at radius 3 is 1.78 bits per heavy atom. The van der Waals surface area contributed by atoms with Gasteiger partial charge in [-0.05, 0) is 51.4 Å². The van der Waals surface area contributed by atoms with Crippen molar-refractivity contribution in [2.75, 3.05) is 0 Å². The largest absolute Gasteiger partial charge is 0.454 e. The van der Waals surface area contributed by atoms with Crippen molar-refractivity contribution < 1.29 is 4.42 Å². The van der Waals surface area contributed by atoms with Crippen LogP contribution in [0.5, 0.6) is 0 Å². The minimum Gasteiger partial charge on any atom is -0.454 e. The summed E-state index contributed by atoms with van der Waals surface area (Å²) in [6, 6.07) is 45.7. The van der Waals surface area contributed by atoms with Gasteiger partial charge in [0.25, 0.3) is 0 Å². The molecule has 210 valence electrons. The fourth-order valence-corrected chi connectivity index (χ4v) is 6.34. The van der Waals surface area contributed by atoms with Crippen molar-refractivity contribution >= 4 is 43.5 Å². The summed E-state index contributed by atoms with van der Waals surface area (Å²) in [6.07, 6.45) is 3.58. The Kier molecular flexibility index (Phi) is 5.74. The predicted molar refractivity (Wildman–Crippen MR) is 182 cm³/mol. The zero-order valence-corrected chi connectivity index (χ0v) is 24.1. The summed E-state index contributed by atoms with van der Waals surface area (Å²) < 4.78 is 6.66. The summed E-state index contributed by atoms with van der Waals surface area (Å²) in [6.45, 7) is 0. The maximum Gasteiger partial charge on any atom is 0.164 e. The minimum absolute atomic E-state index is 0.585. The number of furan rings is 1. The van der Waals surface area contributed by atoms with Crippen molar-refractivity contribution in [2.45, 2.75) is 0 Å². The second-order valence-corrected chi connectivity index (χ2v) is 11.1. The van der Waals surface area contributed by atoms with Crippen LogP contribution in [-0.2, 0) is 0 Å². The van der Waals surface area contributed by atoms with Crippen LogP contribution in [0.3, 0.4) is 0 Å². The van der Waals surface area contributed by atoms with E-state index in [-0.39, 0.29) is 0 Å². The molecule has 0 bridgehead atoms. The number of fused-ring (bicyclic) bond motifs is 6. The van der Waals surface area contributed by atoms with Gasteiger partial charge < -0.3 is 4.42 Å². The van der Waals surface area contributed by atoms with E-state index in [0.717, 1.165) is 44.2 Å². The monoisotopic (exact) mass is 576 g/mol. The van der Waals surface area contributed by atoms with E-state index in [1.165, 1.54) is 21.5 Å². The number of nitrogens with zero attached hydrogens (tertiary/aromatic N) is 4. The van der Waals surface area contributed by atoms with Gasteiger partial charge in [-0.3, -0.25) is 4.98 Å². The topological polar surface area (TPSA) is 64.7 Å². The van der Waals surface area contributed by atoms with Gasteiger partial charge in [-0.25, -0.2) is 15.0 Å². The first-order valence-corrected chi connectivity index (χ1v) is 14.9. The van der Waals surface area contributed by atoms with E-state index in [9.17, 15) is 0 Å². The van der Waals surface area contributed by atoms with Crippen LogP contribution < -0.4 is 0 Å². The van der Waals surface area contributed by atoms with Crippen LogP contribution in [0.1, 0.15) is 0 Å². The van der Waals surface area contributed by atoms with E-state index in [1.807, 2.05) is 66.7 Å². The van der Waals surface area contributed by atoms with Crippen LogP contribution in [0.25, 0.3) is 88.8 Å². The van der Waals surface area contributed by atoms with Gasteiger partial charge in [-0.2, -0.15) is 0 Å². The van der Waals surface area contributed by atoms with E-state index in [0.29, 0.717) is 23.1 Å². The summed E-state index contributed by atoms with van der Waals surface area (Å²) in [5.74, 6) is 1.82. The normalized spacial score (nSPS) is 11.6. The highest BCUT2D eigenvalue weighted by Gasteiger charge is 2.22. The Hall–Kier alpha value is -6.20. The third-order valence-electron chi connectivity index (χ3n) is 8.42. The number of hydrogen-bond acceptors (Lipinski definition) is 5. The SMILES string of the molecule is c1ccc(-c2nc(-c3ccccc3)nc(-c3ccc(-c4cc5ccccc5c5ccccc45)c4oc5cnccc5c34)n2)cc1. The molecule has 9 aromatic rings. The molecule has 6 aromatic carbocycles. The molecule has 5 nitrogen and oxygen atoms in total. The lowest BCUT2D eigenvalue weighted by atomic mass is 9.91. The smallest absolute Gasteiger partial charge is 0.164 e. The fraction of sp³-hybridized carbons (Fsp3) is 0. The molecular weight excluding hydrogens is 552 g/mol. The van der Waals surface area contributed by atoms with Crippen molar-refractivity contribution in [1.82, 2.24) is 19.9 Å². The quantitative estimate of drug-likeness (QED) is 0.195. The molecule has 0 atom stereocenters. The molecule has 0 amide bonds. The van der Waals surface area contributed by atoms with E-state index < -0.39 is 0 Å². The molecule has 0 aliphatic rings. The Morgan fingerprint density at radius 2 is 1.04 bits per heavy atom. The maximum absolute atomic E-state index is 6.66. The molecule has 45 heavy (non-hydrogen) atoms. The molecule has 0 fully saturated rings. The maximum atomic E-state index is 6.66. The molecular formula is C40H24N4O. The Balaban J connectivity index is 1.36. The molecule has 3 aromatic heterocycles. The minimum atomic E-state index is 0.585. The fourth-order valence-electron chi connectivity index (χ4n) is 6.34. The van der Waals surface area contributed by atoms with Gasteiger partial charge in [0.2, 0.25) is 0 Å². The first-order valence-electron chi connectivity index (χ1n) is 14.9. The molecule has 3 heterocycles. The highest BCUT2D eigenvalue weighted by Crippen LogP contribution is 2.44.